The Morgan fingerprint density at radius 1 is 1.28 bits per heavy atom. The fraction of sp³-hybridized carbons (Fsp3) is 0.500. The lowest BCUT2D eigenvalue weighted by Gasteiger charge is -2.30. The first-order chi connectivity index (χ1) is 8.37. The molecule has 0 spiro atoms. The maximum atomic E-state index is 12.2. The maximum absolute atomic E-state index is 12.2. The number of nitrogens with zero attached hydrogens (tertiary/aromatic N) is 4. The number of ketones is 1. The third kappa shape index (κ3) is 1.48. The van der Waals surface area contributed by atoms with Gasteiger partial charge in [0.05, 0.1) is 17.0 Å². The molecule has 0 amide bonds. The van der Waals surface area contributed by atoms with Crippen LogP contribution in [0, 0.1) is 12.3 Å². The van der Waals surface area contributed by atoms with Crippen molar-refractivity contribution in [3.8, 4) is 0 Å². The van der Waals surface area contributed by atoms with E-state index in [2.05, 4.69) is 28.9 Å². The van der Waals surface area contributed by atoms with Gasteiger partial charge in [0.1, 0.15) is 0 Å². The average molecular weight is 245 g/mol. The minimum absolute atomic E-state index is 0.0640. The van der Waals surface area contributed by atoms with Crippen molar-refractivity contribution in [3.05, 3.63) is 17.0 Å². The van der Waals surface area contributed by atoms with Crippen LogP contribution in [0.1, 0.15) is 42.0 Å². The molecule has 0 aromatic carbocycles. The van der Waals surface area contributed by atoms with Gasteiger partial charge in [-0.25, -0.2) is 4.98 Å². The number of hydrogen-bond donors (Lipinski definition) is 1. The quantitative estimate of drug-likeness (QED) is 0.753. The maximum Gasteiger partial charge on any atom is 0.254 e. The number of nitrogens with two attached hydrogens (primary N) is 1. The van der Waals surface area contributed by atoms with Gasteiger partial charge in [0.25, 0.3) is 5.78 Å². The van der Waals surface area contributed by atoms with Crippen molar-refractivity contribution < 1.29 is 4.79 Å². The SMILES string of the molecule is Cc1nc2nc(N)nn2c2c1C(=O)CC(C)(C)C2. The van der Waals surface area contributed by atoms with Crippen molar-refractivity contribution in [1.82, 2.24) is 19.6 Å². The third-order valence-corrected chi connectivity index (χ3v) is 3.34. The summed E-state index contributed by atoms with van der Waals surface area (Å²) in [7, 11) is 0. The molecule has 0 aliphatic heterocycles. The zero-order valence-corrected chi connectivity index (χ0v) is 10.7. The molecular weight excluding hydrogens is 230 g/mol. The van der Waals surface area contributed by atoms with Crippen LogP contribution in [0.2, 0.25) is 0 Å². The van der Waals surface area contributed by atoms with Crippen molar-refractivity contribution >= 4 is 17.5 Å². The van der Waals surface area contributed by atoms with Crippen molar-refractivity contribution in [1.29, 1.82) is 0 Å². The second-order valence-corrected chi connectivity index (χ2v) is 5.64. The van der Waals surface area contributed by atoms with Gasteiger partial charge in [-0.15, -0.1) is 5.10 Å². The summed E-state index contributed by atoms with van der Waals surface area (Å²) in [5.41, 5.74) is 7.82. The number of rotatable bonds is 0. The molecule has 0 saturated carbocycles. The largest absolute Gasteiger partial charge is 0.366 e. The van der Waals surface area contributed by atoms with E-state index in [0.717, 1.165) is 12.1 Å². The fourth-order valence-corrected chi connectivity index (χ4v) is 2.66. The van der Waals surface area contributed by atoms with Crippen molar-refractivity contribution in [2.45, 2.75) is 33.6 Å². The molecule has 1 aliphatic rings. The van der Waals surface area contributed by atoms with Crippen LogP contribution >= 0.6 is 0 Å². The zero-order valence-electron chi connectivity index (χ0n) is 10.7. The van der Waals surface area contributed by atoms with E-state index >= 15 is 0 Å². The molecule has 2 aromatic rings. The first-order valence-electron chi connectivity index (χ1n) is 5.92. The number of nitrogen functional groups attached to an aromatic ring is 1. The van der Waals surface area contributed by atoms with E-state index in [4.69, 9.17) is 5.73 Å². The molecule has 0 radical (unpaired) electrons. The summed E-state index contributed by atoms with van der Waals surface area (Å²) in [6.45, 7) is 5.99. The van der Waals surface area contributed by atoms with E-state index in [1.807, 2.05) is 6.92 Å². The van der Waals surface area contributed by atoms with E-state index in [0.29, 0.717) is 23.5 Å². The van der Waals surface area contributed by atoms with Crippen LogP contribution < -0.4 is 5.73 Å². The molecule has 0 fully saturated rings. The Hall–Kier alpha value is -1.98. The molecule has 6 nitrogen and oxygen atoms in total. The Morgan fingerprint density at radius 3 is 2.72 bits per heavy atom. The number of carbonyl (C=O) groups excluding carboxylic acids is 1. The summed E-state index contributed by atoms with van der Waals surface area (Å²) >= 11 is 0. The molecule has 6 heteroatoms. The topological polar surface area (TPSA) is 86.2 Å². The molecule has 0 saturated heterocycles. The summed E-state index contributed by atoms with van der Waals surface area (Å²) in [4.78, 5) is 20.6. The Morgan fingerprint density at radius 2 is 2.00 bits per heavy atom. The van der Waals surface area contributed by atoms with Crippen LogP contribution in [-0.2, 0) is 6.42 Å². The summed E-state index contributed by atoms with van der Waals surface area (Å²) < 4.78 is 1.61. The van der Waals surface area contributed by atoms with Crippen molar-refractivity contribution in [2.24, 2.45) is 5.41 Å². The average Bonchev–Trinajstić information content (AvgIpc) is 2.56. The normalized spacial score (nSPS) is 18.1. The van der Waals surface area contributed by atoms with Gasteiger partial charge >= 0.3 is 0 Å². The highest BCUT2D eigenvalue weighted by Crippen LogP contribution is 2.35. The van der Waals surface area contributed by atoms with Crippen LogP contribution in [-0.4, -0.2) is 25.4 Å². The zero-order chi connectivity index (χ0) is 13.1. The van der Waals surface area contributed by atoms with E-state index in [1.165, 1.54) is 0 Å². The predicted octanol–water partition coefficient (Wildman–Crippen LogP) is 1.17. The monoisotopic (exact) mass is 245 g/mol. The lowest BCUT2D eigenvalue weighted by Crippen LogP contribution is -2.30. The summed E-state index contributed by atoms with van der Waals surface area (Å²) in [6.07, 6.45) is 1.31. The number of aromatic nitrogens is 4. The summed E-state index contributed by atoms with van der Waals surface area (Å²) in [6, 6.07) is 0. The molecule has 18 heavy (non-hydrogen) atoms. The summed E-state index contributed by atoms with van der Waals surface area (Å²) in [5, 5.41) is 4.14. The molecule has 1 aliphatic carbocycles. The molecule has 2 N–H and O–H groups in total. The Bertz CT molecular complexity index is 671. The van der Waals surface area contributed by atoms with E-state index < -0.39 is 0 Å². The Kier molecular flexibility index (Phi) is 2.03. The van der Waals surface area contributed by atoms with Crippen LogP contribution in [0.25, 0.3) is 5.78 Å². The standard InChI is InChI=1S/C12H15N5O/c1-6-9-7(4-12(2,3)5-8(9)18)17-11(14-6)15-10(13)16-17/h4-5H2,1-3H3,(H2,13,16). The minimum atomic E-state index is -0.0640. The second-order valence-electron chi connectivity index (χ2n) is 5.64. The molecule has 0 unspecified atom stereocenters. The molecule has 0 bridgehead atoms. The number of anilines is 1. The first-order valence-corrected chi connectivity index (χ1v) is 5.92. The van der Waals surface area contributed by atoms with Gasteiger partial charge in [-0.1, -0.05) is 13.8 Å². The van der Waals surface area contributed by atoms with Gasteiger partial charge in [-0.3, -0.25) is 4.79 Å². The molecule has 3 rings (SSSR count). The predicted molar refractivity (Wildman–Crippen MR) is 66.4 cm³/mol. The highest BCUT2D eigenvalue weighted by molar-refractivity contribution is 5.99. The molecule has 94 valence electrons. The van der Waals surface area contributed by atoms with Gasteiger partial charge < -0.3 is 5.73 Å². The van der Waals surface area contributed by atoms with Crippen LogP contribution in [0.5, 0.6) is 0 Å². The van der Waals surface area contributed by atoms with E-state index in [9.17, 15) is 4.79 Å². The highest BCUT2D eigenvalue weighted by atomic mass is 16.1. The molecular formula is C12H15N5O. The van der Waals surface area contributed by atoms with Crippen LogP contribution in [0.4, 0.5) is 5.95 Å². The van der Waals surface area contributed by atoms with Gasteiger partial charge in [0, 0.05) is 6.42 Å². The Labute approximate surface area is 104 Å². The lowest BCUT2D eigenvalue weighted by molar-refractivity contribution is 0.0907. The second kappa shape index (κ2) is 3.28. The van der Waals surface area contributed by atoms with Crippen LogP contribution in [0.15, 0.2) is 0 Å². The van der Waals surface area contributed by atoms with Gasteiger partial charge in [0.15, 0.2) is 5.78 Å². The first kappa shape index (κ1) is 11.1. The number of carbonyl (C=O) groups is 1. The fourth-order valence-electron chi connectivity index (χ4n) is 2.66. The summed E-state index contributed by atoms with van der Waals surface area (Å²) in [5.74, 6) is 0.780. The van der Waals surface area contributed by atoms with Crippen LogP contribution in [0.3, 0.4) is 0 Å². The number of aryl methyl sites for hydroxylation is 1. The minimum Gasteiger partial charge on any atom is -0.366 e. The van der Waals surface area contributed by atoms with Gasteiger partial charge in [0.2, 0.25) is 5.95 Å². The number of hydrogen-bond acceptors (Lipinski definition) is 5. The van der Waals surface area contributed by atoms with Gasteiger partial charge in [-0.05, 0) is 18.8 Å². The van der Waals surface area contributed by atoms with E-state index in [-0.39, 0.29) is 17.1 Å². The number of Topliss-reactive ketones (excluding diaryl/α,β-unsaturated/α-hetero) is 1. The molecule has 2 aromatic heterocycles. The highest BCUT2D eigenvalue weighted by Gasteiger charge is 2.34. The lowest BCUT2D eigenvalue weighted by atomic mass is 9.75. The Balaban J connectivity index is 2.37. The van der Waals surface area contributed by atoms with Gasteiger partial charge in [-0.2, -0.15) is 9.50 Å². The smallest absolute Gasteiger partial charge is 0.254 e. The van der Waals surface area contributed by atoms with E-state index in [1.54, 1.807) is 4.52 Å². The molecule has 2 heterocycles. The number of fused-ring (bicyclic) bond motifs is 3. The molecule has 0 atom stereocenters. The van der Waals surface area contributed by atoms with Crippen molar-refractivity contribution in [2.75, 3.05) is 5.73 Å². The third-order valence-electron chi connectivity index (χ3n) is 3.34. The van der Waals surface area contributed by atoms with Crippen molar-refractivity contribution in [3.63, 3.8) is 0 Å².